The molecule has 2 atom stereocenters. The number of nitrogens with two attached hydrogens (primary N) is 1. The molecule has 0 aliphatic heterocycles. The summed E-state index contributed by atoms with van der Waals surface area (Å²) in [6.07, 6.45) is 0. The zero-order valence-electron chi connectivity index (χ0n) is 11.8. The molecule has 0 aliphatic rings. The lowest BCUT2D eigenvalue weighted by Crippen LogP contribution is -2.43. The van der Waals surface area contributed by atoms with Crippen LogP contribution in [0.4, 0.5) is 0 Å². The molecule has 19 heavy (non-hydrogen) atoms. The molecule has 0 spiro atoms. The van der Waals surface area contributed by atoms with Crippen molar-refractivity contribution in [2.45, 2.75) is 19.0 Å². The summed E-state index contributed by atoms with van der Waals surface area (Å²) in [6.45, 7) is 4.97. The lowest BCUT2D eigenvalue weighted by Gasteiger charge is -2.35. The number of rotatable bonds is 9. The minimum absolute atomic E-state index is 0.205. The molecule has 2 unspecified atom stereocenters. The van der Waals surface area contributed by atoms with Crippen LogP contribution in [0.15, 0.2) is 15.9 Å². The maximum atomic E-state index is 5.99. The molecule has 1 aromatic rings. The van der Waals surface area contributed by atoms with Crippen LogP contribution >= 0.6 is 27.3 Å². The Balaban J connectivity index is 2.85. The maximum absolute atomic E-state index is 5.99. The van der Waals surface area contributed by atoms with Crippen LogP contribution in [0.5, 0.6) is 0 Å². The smallest absolute Gasteiger partial charge is 0.0702 e. The fraction of sp³-hybridized carbons (Fsp3) is 0.692. The van der Waals surface area contributed by atoms with Crippen molar-refractivity contribution < 1.29 is 9.47 Å². The van der Waals surface area contributed by atoms with Gasteiger partial charge in [-0.1, -0.05) is 0 Å². The molecular weight excluding hydrogens is 328 g/mol. The van der Waals surface area contributed by atoms with Crippen LogP contribution in [0.2, 0.25) is 0 Å². The summed E-state index contributed by atoms with van der Waals surface area (Å²) in [4.78, 5) is 3.62. The van der Waals surface area contributed by atoms with E-state index >= 15 is 0 Å². The third-order valence-electron chi connectivity index (χ3n) is 3.07. The second-order valence-corrected chi connectivity index (χ2v) is 6.92. The van der Waals surface area contributed by atoms with Crippen LogP contribution in [0, 0.1) is 0 Å². The quantitative estimate of drug-likeness (QED) is 0.743. The molecule has 1 aromatic heterocycles. The monoisotopic (exact) mass is 350 g/mol. The van der Waals surface area contributed by atoms with Gasteiger partial charge in [-0.25, -0.2) is 0 Å². The Morgan fingerprint density at radius 3 is 2.58 bits per heavy atom. The summed E-state index contributed by atoms with van der Waals surface area (Å²) < 4.78 is 11.6. The van der Waals surface area contributed by atoms with E-state index in [9.17, 15) is 0 Å². The standard InChI is InChI=1S/C13H23BrN2O2S/c1-10(9-18-3)16(6-7-17-2)11(8-15)12-4-5-13(14)19-12/h4-5,10-11H,6-9,15H2,1-3H3. The molecule has 0 aliphatic carbocycles. The molecule has 0 saturated carbocycles. The van der Waals surface area contributed by atoms with E-state index in [1.54, 1.807) is 25.6 Å². The van der Waals surface area contributed by atoms with Crippen molar-refractivity contribution in [2.24, 2.45) is 5.73 Å². The van der Waals surface area contributed by atoms with E-state index in [0.29, 0.717) is 25.8 Å². The first-order valence-corrected chi connectivity index (χ1v) is 7.93. The first kappa shape index (κ1) is 17.1. The van der Waals surface area contributed by atoms with E-state index < -0.39 is 0 Å². The molecule has 0 saturated heterocycles. The SMILES string of the molecule is COCCN(C(C)COC)C(CN)c1ccc(Br)s1. The van der Waals surface area contributed by atoms with Crippen molar-refractivity contribution in [3.63, 3.8) is 0 Å². The zero-order valence-corrected chi connectivity index (χ0v) is 14.2. The van der Waals surface area contributed by atoms with Crippen LogP contribution < -0.4 is 5.73 Å². The van der Waals surface area contributed by atoms with E-state index in [2.05, 4.69) is 39.9 Å². The Morgan fingerprint density at radius 1 is 1.37 bits per heavy atom. The highest BCUT2D eigenvalue weighted by Gasteiger charge is 2.24. The van der Waals surface area contributed by atoms with Crippen LogP contribution in [-0.4, -0.2) is 51.5 Å². The van der Waals surface area contributed by atoms with Crippen LogP contribution in [-0.2, 0) is 9.47 Å². The molecule has 110 valence electrons. The van der Waals surface area contributed by atoms with Crippen molar-refractivity contribution in [1.29, 1.82) is 0 Å². The van der Waals surface area contributed by atoms with E-state index in [4.69, 9.17) is 15.2 Å². The second-order valence-electron chi connectivity index (χ2n) is 4.43. The summed E-state index contributed by atoms with van der Waals surface area (Å²) in [6, 6.07) is 4.70. The Labute approximate surface area is 128 Å². The summed E-state index contributed by atoms with van der Waals surface area (Å²) >= 11 is 5.24. The van der Waals surface area contributed by atoms with Gasteiger partial charge in [0, 0.05) is 38.2 Å². The average Bonchev–Trinajstić information content (AvgIpc) is 2.81. The summed E-state index contributed by atoms with van der Waals surface area (Å²) in [7, 11) is 3.45. The highest BCUT2D eigenvalue weighted by molar-refractivity contribution is 9.11. The fourth-order valence-electron chi connectivity index (χ4n) is 2.14. The number of methoxy groups -OCH3 is 2. The number of thiophene rings is 1. The number of halogens is 1. The Hall–Kier alpha value is 0.0200. The van der Waals surface area contributed by atoms with E-state index in [1.165, 1.54) is 4.88 Å². The van der Waals surface area contributed by atoms with Crippen molar-refractivity contribution >= 4 is 27.3 Å². The topological polar surface area (TPSA) is 47.7 Å². The molecule has 1 rings (SSSR count). The van der Waals surface area contributed by atoms with Gasteiger partial charge in [-0.3, -0.25) is 4.90 Å². The largest absolute Gasteiger partial charge is 0.383 e. The van der Waals surface area contributed by atoms with E-state index in [1.807, 2.05) is 0 Å². The van der Waals surface area contributed by atoms with Gasteiger partial charge in [-0.2, -0.15) is 0 Å². The highest BCUT2D eigenvalue weighted by atomic mass is 79.9. The van der Waals surface area contributed by atoms with Gasteiger partial charge in [-0.15, -0.1) is 11.3 Å². The van der Waals surface area contributed by atoms with Crippen LogP contribution in [0.1, 0.15) is 17.8 Å². The van der Waals surface area contributed by atoms with Crippen molar-refractivity contribution in [3.8, 4) is 0 Å². The molecule has 2 N–H and O–H groups in total. The molecule has 0 bridgehead atoms. The Bertz CT molecular complexity index is 362. The van der Waals surface area contributed by atoms with Crippen LogP contribution in [0.3, 0.4) is 0 Å². The van der Waals surface area contributed by atoms with Gasteiger partial charge in [0.25, 0.3) is 0 Å². The number of hydrogen-bond donors (Lipinski definition) is 1. The summed E-state index contributed by atoms with van der Waals surface area (Å²) in [5.41, 5.74) is 5.99. The third-order valence-corrected chi connectivity index (χ3v) is 4.80. The first-order valence-electron chi connectivity index (χ1n) is 6.33. The normalized spacial score (nSPS) is 14.8. The highest BCUT2D eigenvalue weighted by Crippen LogP contribution is 2.31. The Morgan fingerprint density at radius 2 is 2.11 bits per heavy atom. The van der Waals surface area contributed by atoms with Crippen LogP contribution in [0.25, 0.3) is 0 Å². The van der Waals surface area contributed by atoms with Gasteiger partial charge < -0.3 is 15.2 Å². The van der Waals surface area contributed by atoms with Crippen molar-refractivity contribution in [2.75, 3.05) is 40.5 Å². The van der Waals surface area contributed by atoms with E-state index in [-0.39, 0.29) is 6.04 Å². The van der Waals surface area contributed by atoms with Gasteiger partial charge in [0.2, 0.25) is 0 Å². The summed E-state index contributed by atoms with van der Waals surface area (Å²) in [5, 5.41) is 0. The Kier molecular flexibility index (Phi) is 8.13. The molecule has 0 amide bonds. The van der Waals surface area contributed by atoms with Gasteiger partial charge in [0.15, 0.2) is 0 Å². The number of nitrogens with zero attached hydrogens (tertiary/aromatic N) is 1. The zero-order chi connectivity index (χ0) is 14.3. The molecular formula is C13H23BrN2O2S. The molecule has 4 nitrogen and oxygen atoms in total. The number of hydrogen-bond acceptors (Lipinski definition) is 5. The van der Waals surface area contributed by atoms with E-state index in [0.717, 1.165) is 10.3 Å². The first-order chi connectivity index (χ1) is 9.13. The van der Waals surface area contributed by atoms with Crippen molar-refractivity contribution in [3.05, 3.63) is 20.8 Å². The molecule has 0 radical (unpaired) electrons. The van der Waals surface area contributed by atoms with Gasteiger partial charge >= 0.3 is 0 Å². The second kappa shape index (κ2) is 9.05. The minimum atomic E-state index is 0.205. The molecule has 0 aromatic carbocycles. The fourth-order valence-corrected chi connectivity index (χ4v) is 3.70. The molecule has 0 fully saturated rings. The molecule has 6 heteroatoms. The maximum Gasteiger partial charge on any atom is 0.0702 e. The van der Waals surface area contributed by atoms with Gasteiger partial charge in [0.05, 0.1) is 23.0 Å². The van der Waals surface area contributed by atoms with Gasteiger partial charge in [0.1, 0.15) is 0 Å². The van der Waals surface area contributed by atoms with Crippen molar-refractivity contribution in [1.82, 2.24) is 4.90 Å². The minimum Gasteiger partial charge on any atom is -0.383 e. The van der Waals surface area contributed by atoms with Gasteiger partial charge in [-0.05, 0) is 35.0 Å². The lowest BCUT2D eigenvalue weighted by atomic mass is 10.1. The third kappa shape index (κ3) is 5.13. The predicted octanol–water partition coefficient (Wildman–Crippen LogP) is 2.49. The summed E-state index contributed by atoms with van der Waals surface area (Å²) in [5.74, 6) is 0. The molecule has 1 heterocycles. The predicted molar refractivity (Wildman–Crippen MR) is 83.7 cm³/mol. The number of ether oxygens (including phenoxy) is 2. The average molecular weight is 351 g/mol. The lowest BCUT2D eigenvalue weighted by molar-refractivity contribution is 0.0496.